The molecule has 0 bridgehead atoms. The summed E-state index contributed by atoms with van der Waals surface area (Å²) in [7, 11) is 1.38. The fourth-order valence-corrected chi connectivity index (χ4v) is 3.84. The largest absolute Gasteiger partial charge is 0.467 e. The van der Waals surface area contributed by atoms with Crippen LogP contribution in [-0.2, 0) is 20.7 Å². The standard InChI is InChI=1S/C24H20ClNO3/c1-28-23(27)24(16-17-9-4-2-5-10-17)21(19-13-8-14-20(25)15-19)29-22(26-24)18-11-6-3-7-12-18/h2-15,21H,16H2,1H3/t21-,24-/m0/s1. The van der Waals surface area contributed by atoms with Crippen LogP contribution < -0.4 is 0 Å². The van der Waals surface area contributed by atoms with Gasteiger partial charge in [-0.15, -0.1) is 0 Å². The second-order valence-electron chi connectivity index (χ2n) is 6.91. The number of ether oxygens (including phenoxy) is 2. The molecule has 4 nitrogen and oxygen atoms in total. The van der Waals surface area contributed by atoms with Crippen LogP contribution in [-0.4, -0.2) is 24.5 Å². The minimum Gasteiger partial charge on any atom is -0.467 e. The Kier molecular flexibility index (Phi) is 5.36. The minimum atomic E-state index is -1.26. The Bertz CT molecular complexity index is 1040. The van der Waals surface area contributed by atoms with Gasteiger partial charge in [0.05, 0.1) is 7.11 Å². The van der Waals surface area contributed by atoms with E-state index in [4.69, 9.17) is 26.1 Å². The van der Waals surface area contributed by atoms with Gasteiger partial charge in [0.15, 0.2) is 6.10 Å². The molecule has 0 unspecified atom stereocenters. The molecule has 0 saturated carbocycles. The Morgan fingerprint density at radius 2 is 1.72 bits per heavy atom. The Morgan fingerprint density at radius 1 is 1.03 bits per heavy atom. The topological polar surface area (TPSA) is 47.9 Å². The van der Waals surface area contributed by atoms with Gasteiger partial charge < -0.3 is 9.47 Å². The van der Waals surface area contributed by atoms with Crippen LogP contribution in [0, 0.1) is 0 Å². The maximum absolute atomic E-state index is 13.1. The van der Waals surface area contributed by atoms with Crippen LogP contribution in [0.4, 0.5) is 0 Å². The van der Waals surface area contributed by atoms with Crippen LogP contribution in [0.3, 0.4) is 0 Å². The number of methoxy groups -OCH3 is 1. The number of halogens is 1. The summed E-state index contributed by atoms with van der Waals surface area (Å²) in [5.74, 6) is -0.0332. The molecule has 0 spiro atoms. The van der Waals surface area contributed by atoms with Gasteiger partial charge in [-0.2, -0.15) is 0 Å². The summed E-state index contributed by atoms with van der Waals surface area (Å²) >= 11 is 6.23. The van der Waals surface area contributed by atoms with Crippen molar-refractivity contribution in [2.24, 2.45) is 4.99 Å². The van der Waals surface area contributed by atoms with Gasteiger partial charge in [0, 0.05) is 17.0 Å². The average molecular weight is 406 g/mol. The number of hydrogen-bond donors (Lipinski definition) is 0. The van der Waals surface area contributed by atoms with Crippen LogP contribution in [0.25, 0.3) is 0 Å². The highest BCUT2D eigenvalue weighted by atomic mass is 35.5. The smallest absolute Gasteiger partial charge is 0.338 e. The maximum atomic E-state index is 13.1. The van der Waals surface area contributed by atoms with Crippen LogP contribution in [0.1, 0.15) is 22.8 Å². The number of rotatable bonds is 5. The number of nitrogens with zero attached hydrogens (tertiary/aromatic N) is 1. The summed E-state index contributed by atoms with van der Waals surface area (Å²) in [5.41, 5.74) is 1.28. The van der Waals surface area contributed by atoms with Crippen molar-refractivity contribution in [1.82, 2.24) is 0 Å². The molecule has 4 rings (SSSR count). The van der Waals surface area contributed by atoms with E-state index in [9.17, 15) is 4.79 Å². The maximum Gasteiger partial charge on any atom is 0.338 e. The van der Waals surface area contributed by atoms with Crippen LogP contribution >= 0.6 is 11.6 Å². The number of carbonyl (C=O) groups excluding carboxylic acids is 1. The third-order valence-electron chi connectivity index (χ3n) is 4.99. The molecule has 0 aromatic heterocycles. The van der Waals surface area contributed by atoms with Gasteiger partial charge in [0.25, 0.3) is 0 Å². The van der Waals surface area contributed by atoms with Gasteiger partial charge in [-0.3, -0.25) is 0 Å². The summed E-state index contributed by atoms with van der Waals surface area (Å²) in [6.07, 6.45) is -0.322. The molecule has 0 N–H and O–H groups in total. The van der Waals surface area contributed by atoms with Gasteiger partial charge in [0.2, 0.25) is 11.4 Å². The monoisotopic (exact) mass is 405 g/mol. The van der Waals surface area contributed by atoms with E-state index in [-0.39, 0.29) is 0 Å². The molecule has 0 fully saturated rings. The van der Waals surface area contributed by atoms with Gasteiger partial charge >= 0.3 is 5.97 Å². The number of aliphatic imine (C=N–C) groups is 1. The van der Waals surface area contributed by atoms with Crippen LogP contribution in [0.5, 0.6) is 0 Å². The highest BCUT2D eigenvalue weighted by Crippen LogP contribution is 2.43. The molecule has 0 radical (unpaired) electrons. The molecule has 3 aromatic carbocycles. The molecule has 146 valence electrons. The predicted octanol–water partition coefficient (Wildman–Crippen LogP) is 5.01. The zero-order valence-corrected chi connectivity index (χ0v) is 16.7. The van der Waals surface area contributed by atoms with Crippen molar-refractivity contribution in [3.63, 3.8) is 0 Å². The predicted molar refractivity (Wildman–Crippen MR) is 113 cm³/mol. The van der Waals surface area contributed by atoms with E-state index in [1.165, 1.54) is 7.11 Å². The molecule has 0 saturated heterocycles. The number of esters is 1. The Labute approximate surface area is 174 Å². The van der Waals surface area contributed by atoms with E-state index in [0.717, 1.165) is 16.7 Å². The van der Waals surface area contributed by atoms with Crippen molar-refractivity contribution in [3.8, 4) is 0 Å². The second kappa shape index (κ2) is 8.10. The number of hydrogen-bond acceptors (Lipinski definition) is 4. The molecular formula is C24H20ClNO3. The van der Waals surface area contributed by atoms with Gasteiger partial charge in [-0.25, -0.2) is 9.79 Å². The number of carbonyl (C=O) groups is 1. The van der Waals surface area contributed by atoms with Crippen LogP contribution in [0.2, 0.25) is 5.02 Å². The first-order valence-corrected chi connectivity index (χ1v) is 9.70. The molecule has 29 heavy (non-hydrogen) atoms. The third kappa shape index (κ3) is 3.76. The van der Waals surface area contributed by atoms with Crippen molar-refractivity contribution in [2.45, 2.75) is 18.1 Å². The molecule has 3 aromatic rings. The van der Waals surface area contributed by atoms with E-state index in [1.807, 2.05) is 72.8 Å². The third-order valence-corrected chi connectivity index (χ3v) is 5.23. The first-order chi connectivity index (χ1) is 14.1. The second-order valence-corrected chi connectivity index (χ2v) is 7.35. The first kappa shape index (κ1) is 19.2. The summed E-state index contributed by atoms with van der Waals surface area (Å²) < 4.78 is 11.5. The quantitative estimate of drug-likeness (QED) is 0.560. The number of benzene rings is 3. The fraction of sp³-hybridized carbons (Fsp3) is 0.167. The molecule has 1 aliphatic rings. The molecule has 0 aliphatic carbocycles. The van der Waals surface area contributed by atoms with E-state index >= 15 is 0 Å². The molecule has 5 heteroatoms. The van der Waals surface area contributed by atoms with Crippen molar-refractivity contribution >= 4 is 23.5 Å². The Hall–Kier alpha value is -3.11. The minimum absolute atomic E-state index is 0.341. The van der Waals surface area contributed by atoms with E-state index in [0.29, 0.717) is 17.3 Å². The normalized spacial score (nSPS) is 20.6. The molecule has 1 aliphatic heterocycles. The lowest BCUT2D eigenvalue weighted by Crippen LogP contribution is -2.44. The van der Waals surface area contributed by atoms with E-state index < -0.39 is 17.6 Å². The summed E-state index contributed by atoms with van der Waals surface area (Å²) in [6, 6.07) is 26.6. The molecule has 0 amide bonds. The zero-order chi connectivity index (χ0) is 20.3. The Balaban J connectivity index is 1.87. The lowest BCUT2D eigenvalue weighted by Gasteiger charge is -2.29. The summed E-state index contributed by atoms with van der Waals surface area (Å²) in [4.78, 5) is 18.0. The molecule has 2 atom stereocenters. The van der Waals surface area contributed by atoms with Crippen molar-refractivity contribution in [2.75, 3.05) is 7.11 Å². The fourth-order valence-electron chi connectivity index (χ4n) is 3.64. The lowest BCUT2D eigenvalue weighted by molar-refractivity contribution is -0.149. The zero-order valence-electron chi connectivity index (χ0n) is 15.9. The van der Waals surface area contributed by atoms with Gasteiger partial charge in [-0.05, 0) is 35.4 Å². The van der Waals surface area contributed by atoms with Gasteiger partial charge in [-0.1, -0.05) is 72.3 Å². The van der Waals surface area contributed by atoms with Crippen molar-refractivity contribution in [3.05, 3.63) is 107 Å². The highest BCUT2D eigenvalue weighted by Gasteiger charge is 2.54. The van der Waals surface area contributed by atoms with Crippen molar-refractivity contribution < 1.29 is 14.3 Å². The summed E-state index contributed by atoms with van der Waals surface area (Å²) in [6.45, 7) is 0. The molecule has 1 heterocycles. The summed E-state index contributed by atoms with van der Waals surface area (Å²) in [5, 5.41) is 0.567. The molecular weight excluding hydrogens is 386 g/mol. The van der Waals surface area contributed by atoms with E-state index in [1.54, 1.807) is 12.1 Å². The van der Waals surface area contributed by atoms with E-state index in [2.05, 4.69) is 0 Å². The SMILES string of the molecule is COC(=O)[C@@]1(Cc2ccccc2)N=C(c2ccccc2)O[C@H]1c1cccc(Cl)c1. The first-order valence-electron chi connectivity index (χ1n) is 9.32. The highest BCUT2D eigenvalue weighted by molar-refractivity contribution is 6.30. The van der Waals surface area contributed by atoms with Gasteiger partial charge in [0.1, 0.15) is 0 Å². The van der Waals surface area contributed by atoms with Crippen LogP contribution in [0.15, 0.2) is 89.9 Å². The average Bonchev–Trinajstić information content (AvgIpc) is 3.15. The lowest BCUT2D eigenvalue weighted by atomic mass is 9.83. The van der Waals surface area contributed by atoms with Crippen molar-refractivity contribution in [1.29, 1.82) is 0 Å². The Morgan fingerprint density at radius 3 is 2.38 bits per heavy atom.